The van der Waals surface area contributed by atoms with Crippen LogP contribution in [-0.2, 0) is 0 Å². The van der Waals surface area contributed by atoms with Gasteiger partial charge in [-0.1, -0.05) is 152 Å². The maximum absolute atomic E-state index is 4.72. The molecular weight excluding hydrogens is 494 g/mol. The molecule has 0 bridgehead atoms. The van der Waals surface area contributed by atoms with Crippen molar-refractivity contribution in [3.05, 3.63) is 144 Å². The lowest BCUT2D eigenvalue weighted by molar-refractivity contribution is 0.888. The van der Waals surface area contributed by atoms with Crippen molar-refractivity contribution in [2.75, 3.05) is 0 Å². The lowest BCUT2D eigenvalue weighted by atomic mass is 9.20. The molecule has 0 saturated carbocycles. The van der Waals surface area contributed by atoms with Gasteiger partial charge in [0.15, 0.2) is 0 Å². The molecule has 0 unspecified atom stereocenters. The zero-order valence-electron chi connectivity index (χ0n) is 24.1. The Morgan fingerprint density at radius 2 is 1.00 bits per heavy atom. The maximum atomic E-state index is 4.72. The number of rotatable bonds is 4. The summed E-state index contributed by atoms with van der Waals surface area (Å²) >= 11 is 0. The highest BCUT2D eigenvalue weighted by atomic mass is 15.3. The van der Waals surface area contributed by atoms with E-state index in [2.05, 4.69) is 142 Å². The van der Waals surface area contributed by atoms with E-state index in [1.807, 2.05) is 12.3 Å². The molecule has 1 aliphatic heterocycles. The summed E-state index contributed by atoms with van der Waals surface area (Å²) in [6, 6.07) is 42.2. The Morgan fingerprint density at radius 1 is 0.488 bits per heavy atom. The Labute approximate surface area is 243 Å². The van der Waals surface area contributed by atoms with Crippen LogP contribution in [0, 0.1) is 27.7 Å². The molecule has 5 aromatic carbocycles. The topological polar surface area (TPSA) is 17.8 Å². The van der Waals surface area contributed by atoms with Gasteiger partial charge in [0.1, 0.15) is 0 Å². The summed E-state index contributed by atoms with van der Waals surface area (Å²) in [7, 11) is 0. The first-order valence-electron chi connectivity index (χ1n) is 14.5. The lowest BCUT2D eigenvalue weighted by Gasteiger charge is -2.34. The van der Waals surface area contributed by atoms with Gasteiger partial charge in [-0.05, 0) is 51.5 Å². The number of hydrogen-bond acceptors (Lipinski definition) is 1. The summed E-state index contributed by atoms with van der Waals surface area (Å²) in [6.45, 7) is 9.36. The highest BCUT2D eigenvalue weighted by Crippen LogP contribution is 2.22. The molecule has 1 aliphatic rings. The predicted octanol–water partition coefficient (Wildman–Crippen LogP) is 4.12. The van der Waals surface area contributed by atoms with E-state index in [0.717, 1.165) is 11.4 Å². The highest BCUT2D eigenvalue weighted by molar-refractivity contribution is 7.11. The number of aryl methyl sites for hydroxylation is 4. The van der Waals surface area contributed by atoms with Crippen LogP contribution in [0.5, 0.6) is 0 Å². The van der Waals surface area contributed by atoms with Crippen LogP contribution in [0.3, 0.4) is 0 Å². The van der Waals surface area contributed by atoms with E-state index in [4.69, 9.17) is 5.10 Å². The van der Waals surface area contributed by atoms with E-state index in [9.17, 15) is 0 Å². The molecule has 2 nitrogen and oxygen atoms in total. The largest absolute Gasteiger partial charge is 0.240 e. The van der Waals surface area contributed by atoms with Gasteiger partial charge >= 0.3 is 0 Å². The van der Waals surface area contributed by atoms with E-state index < -0.39 is 0 Å². The van der Waals surface area contributed by atoms with Crippen LogP contribution in [0.15, 0.2) is 121 Å². The molecule has 0 atom stereocenters. The predicted molar refractivity (Wildman–Crippen MR) is 177 cm³/mol. The second-order valence-corrected chi connectivity index (χ2v) is 11.4. The van der Waals surface area contributed by atoms with Crippen molar-refractivity contribution in [1.82, 2.24) is 9.78 Å². The van der Waals surface area contributed by atoms with Gasteiger partial charge in [0.05, 0.1) is 17.6 Å². The second kappa shape index (κ2) is 10.1. The molecule has 0 fully saturated rings. The van der Waals surface area contributed by atoms with E-state index >= 15 is 0 Å². The van der Waals surface area contributed by atoms with Crippen molar-refractivity contribution in [3.8, 4) is 16.9 Å². The lowest BCUT2D eigenvalue weighted by Crippen LogP contribution is -2.75. The van der Waals surface area contributed by atoms with Gasteiger partial charge in [0.2, 0.25) is 13.4 Å². The Bertz CT molecular complexity index is 1860. The Hall–Kier alpha value is -4.56. The second-order valence-electron chi connectivity index (χ2n) is 11.4. The zero-order chi connectivity index (χ0) is 28.1. The van der Waals surface area contributed by atoms with Crippen LogP contribution in [-0.4, -0.2) is 23.2 Å². The minimum Gasteiger partial charge on any atom is -0.233 e. The van der Waals surface area contributed by atoms with Crippen LogP contribution < -0.4 is 32.8 Å². The summed E-state index contributed by atoms with van der Waals surface area (Å²) < 4.78 is 2.05. The van der Waals surface area contributed by atoms with Gasteiger partial charge in [-0.15, -0.1) is 0 Å². The van der Waals surface area contributed by atoms with Gasteiger partial charge in [-0.25, -0.2) is 4.68 Å². The highest BCUT2D eigenvalue weighted by Gasteiger charge is 2.40. The van der Waals surface area contributed by atoms with Crippen molar-refractivity contribution in [2.45, 2.75) is 27.7 Å². The summed E-state index contributed by atoms with van der Waals surface area (Å²) in [6.07, 6.45) is 1.90. The standard InChI is InChI=1S/C37H32B2N2/c1-25-12-10-13-26(2)36(25)38-31-18-8-9-19-32(31)39(37-27(3)14-11-15-28(37)4)34-24-29(20-21-33(34)38)35-22-23-40-41(35)30-16-6-5-7-17-30/h5-24H,1-4H3. The van der Waals surface area contributed by atoms with Crippen LogP contribution in [0.25, 0.3) is 16.9 Å². The first-order chi connectivity index (χ1) is 20.0. The average Bonchev–Trinajstić information content (AvgIpc) is 3.48. The van der Waals surface area contributed by atoms with Gasteiger partial charge < -0.3 is 0 Å². The van der Waals surface area contributed by atoms with Crippen molar-refractivity contribution >= 4 is 46.2 Å². The van der Waals surface area contributed by atoms with Crippen molar-refractivity contribution in [2.24, 2.45) is 0 Å². The minimum absolute atomic E-state index is 0.149. The third-order valence-corrected chi connectivity index (χ3v) is 8.93. The molecule has 196 valence electrons. The summed E-state index contributed by atoms with van der Waals surface area (Å²) in [4.78, 5) is 0. The molecule has 4 heteroatoms. The van der Waals surface area contributed by atoms with E-state index in [1.165, 1.54) is 60.6 Å². The number of para-hydroxylation sites is 1. The fourth-order valence-corrected chi connectivity index (χ4v) is 7.10. The smallest absolute Gasteiger partial charge is 0.233 e. The van der Waals surface area contributed by atoms with E-state index in [1.54, 1.807) is 0 Å². The fourth-order valence-electron chi connectivity index (χ4n) is 7.10. The van der Waals surface area contributed by atoms with E-state index in [-0.39, 0.29) is 13.4 Å². The first kappa shape index (κ1) is 25.4. The zero-order valence-corrected chi connectivity index (χ0v) is 24.1. The molecule has 41 heavy (non-hydrogen) atoms. The average molecular weight is 526 g/mol. The van der Waals surface area contributed by atoms with Crippen LogP contribution >= 0.6 is 0 Å². The molecule has 7 rings (SSSR count). The summed E-state index contributed by atoms with van der Waals surface area (Å²) in [5.74, 6) is 0. The Balaban J connectivity index is 1.53. The monoisotopic (exact) mass is 526 g/mol. The van der Waals surface area contributed by atoms with E-state index in [0.29, 0.717) is 0 Å². The summed E-state index contributed by atoms with van der Waals surface area (Å²) in [5, 5.41) is 4.72. The molecule has 1 aromatic heterocycles. The Morgan fingerprint density at radius 3 is 1.59 bits per heavy atom. The minimum atomic E-state index is 0.149. The summed E-state index contributed by atoms with van der Waals surface area (Å²) in [5.41, 5.74) is 17.1. The molecule has 0 N–H and O–H groups in total. The molecule has 6 aromatic rings. The molecular formula is C37H32B2N2. The molecule has 0 aliphatic carbocycles. The van der Waals surface area contributed by atoms with Crippen molar-refractivity contribution < 1.29 is 0 Å². The fraction of sp³-hybridized carbons (Fsp3) is 0.108. The number of fused-ring (bicyclic) bond motifs is 2. The normalized spacial score (nSPS) is 12.3. The number of hydrogen-bond donors (Lipinski definition) is 0. The SMILES string of the molecule is Cc1cccc(C)c1B1c2ccccc2B(c2c(C)cccc2C)c2cc(-c3ccnn3-c3ccccc3)ccc21. The van der Waals surface area contributed by atoms with Crippen LogP contribution in [0.4, 0.5) is 0 Å². The number of aromatic nitrogens is 2. The van der Waals surface area contributed by atoms with Crippen molar-refractivity contribution in [3.63, 3.8) is 0 Å². The van der Waals surface area contributed by atoms with Crippen LogP contribution in [0.2, 0.25) is 0 Å². The molecule has 2 heterocycles. The maximum Gasteiger partial charge on any atom is 0.240 e. The quantitative estimate of drug-likeness (QED) is 0.316. The number of benzene rings is 5. The van der Waals surface area contributed by atoms with Crippen LogP contribution in [0.1, 0.15) is 22.3 Å². The molecule has 0 amide bonds. The Kier molecular flexibility index (Phi) is 6.27. The number of nitrogens with zero attached hydrogens (tertiary/aromatic N) is 2. The molecule has 0 saturated heterocycles. The van der Waals surface area contributed by atoms with Gasteiger partial charge in [0.25, 0.3) is 0 Å². The molecule has 0 radical (unpaired) electrons. The van der Waals surface area contributed by atoms with Gasteiger partial charge in [-0.3, -0.25) is 0 Å². The van der Waals surface area contributed by atoms with Gasteiger partial charge in [-0.2, -0.15) is 5.10 Å². The van der Waals surface area contributed by atoms with Crippen molar-refractivity contribution in [1.29, 1.82) is 0 Å². The third kappa shape index (κ3) is 4.17. The van der Waals surface area contributed by atoms with Gasteiger partial charge in [0, 0.05) is 0 Å². The first-order valence-corrected chi connectivity index (χ1v) is 14.5. The molecule has 0 spiro atoms. The third-order valence-electron chi connectivity index (χ3n) is 8.93.